The van der Waals surface area contributed by atoms with Gasteiger partial charge in [0.1, 0.15) is 0 Å². The molecule has 8 heteroatoms. The molecule has 0 atom stereocenters. The maximum atomic E-state index is 13.2. The molecule has 2 heterocycles. The maximum absolute atomic E-state index is 13.2. The maximum Gasteiger partial charge on any atom is 0.225 e. The quantitative estimate of drug-likeness (QED) is 0.397. The number of rotatable bonds is 5. The number of fused-ring (bicyclic) bond motifs is 1. The number of nitrogen functional groups attached to an aromatic ring is 2. The first-order valence-electron chi connectivity index (χ1n) is 8.60. The van der Waals surface area contributed by atoms with Crippen molar-refractivity contribution in [3.63, 3.8) is 0 Å². The van der Waals surface area contributed by atoms with Crippen molar-refractivity contribution >= 4 is 40.3 Å². The summed E-state index contributed by atoms with van der Waals surface area (Å²) in [4.78, 5) is 25.0. The molecular weight excluding hydrogens is 372 g/mol. The second kappa shape index (κ2) is 7.32. The van der Waals surface area contributed by atoms with Crippen LogP contribution in [0.15, 0.2) is 59.8 Å². The number of para-hydroxylation sites is 1. The first-order valence-corrected chi connectivity index (χ1v) is 9.59. The molecule has 0 unspecified atom stereocenters. The second-order valence-corrected chi connectivity index (χ2v) is 7.15. The smallest absolute Gasteiger partial charge is 0.225 e. The molecule has 0 saturated carbocycles. The first-order chi connectivity index (χ1) is 13.5. The lowest BCUT2D eigenvalue weighted by Gasteiger charge is -2.08. The summed E-state index contributed by atoms with van der Waals surface area (Å²) in [6, 6.07) is 17.8. The SMILES string of the molecule is Cn1c(-c2ccccc2)c(C(=O)CSc2nc(N)nc(N)n2)c2ccccc21. The molecule has 0 amide bonds. The van der Waals surface area contributed by atoms with Crippen molar-refractivity contribution in [2.45, 2.75) is 5.16 Å². The summed E-state index contributed by atoms with van der Waals surface area (Å²) < 4.78 is 2.06. The lowest BCUT2D eigenvalue weighted by molar-refractivity contribution is 0.102. The average Bonchev–Trinajstić information content (AvgIpc) is 2.99. The van der Waals surface area contributed by atoms with Crippen LogP contribution in [0.25, 0.3) is 22.2 Å². The van der Waals surface area contributed by atoms with Crippen LogP contribution in [0.4, 0.5) is 11.9 Å². The Morgan fingerprint density at radius 3 is 2.32 bits per heavy atom. The number of aromatic nitrogens is 4. The molecule has 7 nitrogen and oxygen atoms in total. The highest BCUT2D eigenvalue weighted by Crippen LogP contribution is 2.34. The molecule has 4 aromatic rings. The van der Waals surface area contributed by atoms with Crippen molar-refractivity contribution in [3.8, 4) is 11.3 Å². The number of ketones is 1. The van der Waals surface area contributed by atoms with Crippen LogP contribution in [-0.4, -0.2) is 31.1 Å². The Kier molecular flexibility index (Phi) is 4.70. The van der Waals surface area contributed by atoms with E-state index < -0.39 is 0 Å². The van der Waals surface area contributed by atoms with Crippen LogP contribution in [0.5, 0.6) is 0 Å². The van der Waals surface area contributed by atoms with Gasteiger partial charge in [-0.3, -0.25) is 4.79 Å². The standard InChI is InChI=1S/C20H18N6OS/c1-26-14-10-6-5-9-13(14)16(17(26)12-7-3-2-4-8-12)15(27)11-28-20-24-18(21)23-19(22)25-20/h2-10H,11H2,1H3,(H4,21,22,23,24,25). The van der Waals surface area contributed by atoms with Gasteiger partial charge in [-0.1, -0.05) is 60.3 Å². The Bertz CT molecular complexity index is 1150. The molecule has 0 bridgehead atoms. The number of aryl methyl sites for hydroxylation is 1. The van der Waals surface area contributed by atoms with Gasteiger partial charge in [0.15, 0.2) is 10.9 Å². The zero-order valence-corrected chi connectivity index (χ0v) is 16.0. The van der Waals surface area contributed by atoms with Crippen molar-refractivity contribution in [2.75, 3.05) is 17.2 Å². The summed E-state index contributed by atoms with van der Waals surface area (Å²) in [7, 11) is 1.97. The Morgan fingerprint density at radius 2 is 1.61 bits per heavy atom. The van der Waals surface area contributed by atoms with Crippen LogP contribution in [0.3, 0.4) is 0 Å². The second-order valence-electron chi connectivity index (χ2n) is 6.21. The van der Waals surface area contributed by atoms with Gasteiger partial charge in [-0.25, -0.2) is 0 Å². The molecule has 2 aromatic heterocycles. The van der Waals surface area contributed by atoms with Crippen molar-refractivity contribution in [1.82, 2.24) is 19.5 Å². The zero-order chi connectivity index (χ0) is 19.7. The molecule has 28 heavy (non-hydrogen) atoms. The molecule has 4 N–H and O–H groups in total. The Morgan fingerprint density at radius 1 is 0.964 bits per heavy atom. The van der Waals surface area contributed by atoms with Crippen LogP contribution < -0.4 is 11.5 Å². The number of thioether (sulfide) groups is 1. The van der Waals surface area contributed by atoms with Gasteiger partial charge < -0.3 is 16.0 Å². The summed E-state index contributed by atoms with van der Waals surface area (Å²) in [5.74, 6) is 0.227. The molecule has 0 fully saturated rings. The van der Waals surface area contributed by atoms with E-state index >= 15 is 0 Å². The third-order valence-electron chi connectivity index (χ3n) is 4.41. The van der Waals surface area contributed by atoms with E-state index in [0.717, 1.165) is 22.2 Å². The number of Topliss-reactive ketones (excluding diaryl/α,β-unsaturated/α-hetero) is 1. The highest BCUT2D eigenvalue weighted by molar-refractivity contribution is 7.99. The van der Waals surface area contributed by atoms with Crippen LogP contribution in [0.1, 0.15) is 10.4 Å². The van der Waals surface area contributed by atoms with Gasteiger partial charge in [-0.2, -0.15) is 15.0 Å². The van der Waals surface area contributed by atoms with E-state index in [4.69, 9.17) is 11.5 Å². The normalized spacial score (nSPS) is 11.0. The number of nitrogens with two attached hydrogens (primary N) is 2. The van der Waals surface area contributed by atoms with E-state index in [9.17, 15) is 4.79 Å². The van der Waals surface area contributed by atoms with E-state index in [1.165, 1.54) is 11.8 Å². The van der Waals surface area contributed by atoms with E-state index in [1.807, 2.05) is 61.6 Å². The van der Waals surface area contributed by atoms with Gasteiger partial charge in [0, 0.05) is 18.0 Å². The lowest BCUT2D eigenvalue weighted by atomic mass is 10.0. The average molecular weight is 390 g/mol. The van der Waals surface area contributed by atoms with Crippen LogP contribution in [-0.2, 0) is 7.05 Å². The van der Waals surface area contributed by atoms with E-state index in [2.05, 4.69) is 19.5 Å². The predicted octanol–water partition coefficient (Wildman–Crippen LogP) is 3.17. The minimum Gasteiger partial charge on any atom is -0.368 e. The van der Waals surface area contributed by atoms with Crippen LogP contribution in [0.2, 0.25) is 0 Å². The minimum atomic E-state index is -0.0155. The third-order valence-corrected chi connectivity index (χ3v) is 5.26. The molecule has 0 radical (unpaired) electrons. The summed E-state index contributed by atoms with van der Waals surface area (Å²) in [5.41, 5.74) is 14.8. The number of carbonyl (C=O) groups excluding carboxylic acids is 1. The fourth-order valence-corrected chi connectivity index (χ4v) is 3.99. The van der Waals surface area contributed by atoms with E-state index in [-0.39, 0.29) is 23.4 Å². The molecule has 140 valence electrons. The highest BCUT2D eigenvalue weighted by Gasteiger charge is 2.22. The fraction of sp³-hybridized carbons (Fsp3) is 0.100. The molecule has 0 spiro atoms. The van der Waals surface area contributed by atoms with Gasteiger partial charge in [0.25, 0.3) is 0 Å². The summed E-state index contributed by atoms with van der Waals surface area (Å²) >= 11 is 1.19. The molecule has 0 aliphatic rings. The van der Waals surface area contributed by atoms with Gasteiger partial charge in [0.2, 0.25) is 11.9 Å². The van der Waals surface area contributed by atoms with Crippen molar-refractivity contribution in [3.05, 3.63) is 60.2 Å². The Balaban J connectivity index is 1.76. The summed E-state index contributed by atoms with van der Waals surface area (Å²) in [5, 5.41) is 1.25. The summed E-state index contributed by atoms with van der Waals surface area (Å²) in [6.07, 6.45) is 0. The number of hydrogen-bond acceptors (Lipinski definition) is 7. The Labute approximate surface area is 165 Å². The largest absolute Gasteiger partial charge is 0.368 e. The van der Waals surface area contributed by atoms with Gasteiger partial charge in [-0.05, 0) is 11.6 Å². The number of carbonyl (C=O) groups is 1. The Hall–Kier alpha value is -3.39. The van der Waals surface area contributed by atoms with Gasteiger partial charge in [0.05, 0.1) is 17.0 Å². The van der Waals surface area contributed by atoms with Crippen LogP contribution in [0, 0.1) is 0 Å². The predicted molar refractivity (Wildman–Crippen MR) is 112 cm³/mol. The first kappa shape index (κ1) is 18.0. The number of benzene rings is 2. The minimum absolute atomic E-state index is 0.0155. The van der Waals surface area contributed by atoms with Gasteiger partial charge in [-0.15, -0.1) is 0 Å². The molecule has 0 aliphatic carbocycles. The van der Waals surface area contributed by atoms with Gasteiger partial charge >= 0.3 is 0 Å². The van der Waals surface area contributed by atoms with Crippen molar-refractivity contribution in [1.29, 1.82) is 0 Å². The highest BCUT2D eigenvalue weighted by atomic mass is 32.2. The topological polar surface area (TPSA) is 113 Å². The van der Waals surface area contributed by atoms with E-state index in [0.29, 0.717) is 10.7 Å². The van der Waals surface area contributed by atoms with Crippen LogP contribution >= 0.6 is 11.8 Å². The van der Waals surface area contributed by atoms with E-state index in [1.54, 1.807) is 0 Å². The summed E-state index contributed by atoms with van der Waals surface area (Å²) in [6.45, 7) is 0. The van der Waals surface area contributed by atoms with Crippen molar-refractivity contribution < 1.29 is 4.79 Å². The number of nitrogens with zero attached hydrogens (tertiary/aromatic N) is 4. The zero-order valence-electron chi connectivity index (χ0n) is 15.2. The molecular formula is C20H18N6OS. The third kappa shape index (κ3) is 3.29. The number of anilines is 2. The molecule has 2 aromatic carbocycles. The molecule has 4 rings (SSSR count). The monoisotopic (exact) mass is 390 g/mol. The van der Waals surface area contributed by atoms with Crippen molar-refractivity contribution in [2.24, 2.45) is 7.05 Å². The molecule has 0 aliphatic heterocycles. The lowest BCUT2D eigenvalue weighted by Crippen LogP contribution is -2.08. The molecule has 0 saturated heterocycles. The number of hydrogen-bond donors (Lipinski definition) is 2. The fourth-order valence-electron chi connectivity index (χ4n) is 3.26.